The standard InChI is InChI=1S/C23H27NO5/c1-2-28-23(27)19-9-6-10-20(25)21(19)24-22(26)17-11-13-18(14-12-17)29-15-16-7-4-3-5-8-16/h3-5,7-8,11-14,19-21,25H,2,6,9-10,15H2,1H3,(H,24,26)/t19-,20+,21?/m0/s1. The Labute approximate surface area is 170 Å². The average Bonchev–Trinajstić information content (AvgIpc) is 2.75. The number of rotatable bonds is 7. The second-order valence-electron chi connectivity index (χ2n) is 7.15. The number of esters is 1. The van der Waals surface area contributed by atoms with E-state index in [2.05, 4.69) is 5.32 Å². The maximum absolute atomic E-state index is 12.7. The Bertz CT molecular complexity index is 806. The SMILES string of the molecule is CCOC(=O)[C@H]1CCC[C@@H](O)C1NC(=O)c1ccc(OCc2ccccc2)cc1. The zero-order chi connectivity index (χ0) is 20.6. The maximum Gasteiger partial charge on any atom is 0.311 e. The Balaban J connectivity index is 1.61. The van der Waals surface area contributed by atoms with E-state index in [1.54, 1.807) is 31.2 Å². The average molecular weight is 397 g/mol. The summed E-state index contributed by atoms with van der Waals surface area (Å²) in [5.74, 6) is -0.579. The van der Waals surface area contributed by atoms with Crippen LogP contribution >= 0.6 is 0 Å². The summed E-state index contributed by atoms with van der Waals surface area (Å²) in [6.45, 7) is 2.46. The summed E-state index contributed by atoms with van der Waals surface area (Å²) < 4.78 is 10.8. The Morgan fingerprint density at radius 1 is 1.07 bits per heavy atom. The molecule has 3 rings (SSSR count). The van der Waals surface area contributed by atoms with Gasteiger partial charge in [-0.1, -0.05) is 30.3 Å². The number of benzene rings is 2. The maximum atomic E-state index is 12.7. The minimum atomic E-state index is -0.768. The van der Waals surface area contributed by atoms with Gasteiger partial charge in [0.2, 0.25) is 0 Å². The summed E-state index contributed by atoms with van der Waals surface area (Å²) in [4.78, 5) is 24.9. The number of ether oxygens (including phenoxy) is 2. The summed E-state index contributed by atoms with van der Waals surface area (Å²) in [7, 11) is 0. The predicted molar refractivity (Wildman–Crippen MR) is 108 cm³/mol. The van der Waals surface area contributed by atoms with Gasteiger partial charge in [-0.05, 0) is 56.0 Å². The van der Waals surface area contributed by atoms with Crippen molar-refractivity contribution in [2.75, 3.05) is 6.61 Å². The van der Waals surface area contributed by atoms with Gasteiger partial charge in [0.1, 0.15) is 12.4 Å². The first-order valence-electron chi connectivity index (χ1n) is 10.0. The normalized spacial score (nSPS) is 21.2. The monoisotopic (exact) mass is 397 g/mol. The molecule has 1 fully saturated rings. The molecule has 0 saturated heterocycles. The fraction of sp³-hybridized carbons (Fsp3) is 0.391. The van der Waals surface area contributed by atoms with Crippen LogP contribution in [0.2, 0.25) is 0 Å². The van der Waals surface area contributed by atoms with Gasteiger partial charge in [0, 0.05) is 5.56 Å². The molecule has 0 bridgehead atoms. The molecular formula is C23H27NO5. The molecule has 0 heterocycles. The molecule has 0 radical (unpaired) electrons. The number of hydrogen-bond donors (Lipinski definition) is 2. The first-order chi connectivity index (χ1) is 14.1. The smallest absolute Gasteiger partial charge is 0.311 e. The third kappa shape index (κ3) is 5.57. The first-order valence-corrected chi connectivity index (χ1v) is 10.0. The van der Waals surface area contributed by atoms with Crippen LogP contribution in [0.5, 0.6) is 5.75 Å². The number of aliphatic hydroxyl groups excluding tert-OH is 1. The van der Waals surface area contributed by atoms with Crippen molar-refractivity contribution in [2.24, 2.45) is 5.92 Å². The molecule has 0 aromatic heterocycles. The van der Waals surface area contributed by atoms with Gasteiger partial charge in [-0.3, -0.25) is 9.59 Å². The largest absolute Gasteiger partial charge is 0.489 e. The lowest BCUT2D eigenvalue weighted by atomic mass is 9.82. The molecule has 3 atom stereocenters. The summed E-state index contributed by atoms with van der Waals surface area (Å²) in [6.07, 6.45) is 1.10. The Hall–Kier alpha value is -2.86. The van der Waals surface area contributed by atoms with Crippen LogP contribution in [0.3, 0.4) is 0 Å². The van der Waals surface area contributed by atoms with E-state index in [0.717, 1.165) is 12.0 Å². The molecule has 0 aliphatic heterocycles. The Morgan fingerprint density at radius 2 is 1.79 bits per heavy atom. The van der Waals surface area contributed by atoms with Crippen molar-refractivity contribution in [3.8, 4) is 5.75 Å². The molecule has 6 heteroatoms. The minimum Gasteiger partial charge on any atom is -0.489 e. The van der Waals surface area contributed by atoms with Gasteiger partial charge in [0.05, 0.1) is 24.7 Å². The fourth-order valence-corrected chi connectivity index (χ4v) is 3.56. The van der Waals surface area contributed by atoms with Crippen LogP contribution < -0.4 is 10.1 Å². The van der Waals surface area contributed by atoms with Crippen LogP contribution in [-0.4, -0.2) is 35.7 Å². The van der Waals surface area contributed by atoms with Gasteiger partial charge in [-0.2, -0.15) is 0 Å². The van der Waals surface area contributed by atoms with Crippen LogP contribution in [0.4, 0.5) is 0 Å². The van der Waals surface area contributed by atoms with Gasteiger partial charge in [-0.15, -0.1) is 0 Å². The van der Waals surface area contributed by atoms with Crippen molar-refractivity contribution in [1.82, 2.24) is 5.32 Å². The second-order valence-corrected chi connectivity index (χ2v) is 7.15. The quantitative estimate of drug-likeness (QED) is 0.702. The molecule has 1 saturated carbocycles. The van der Waals surface area contributed by atoms with Crippen molar-refractivity contribution < 1.29 is 24.2 Å². The zero-order valence-corrected chi connectivity index (χ0v) is 16.5. The Morgan fingerprint density at radius 3 is 2.48 bits per heavy atom. The molecule has 1 amide bonds. The van der Waals surface area contributed by atoms with E-state index in [4.69, 9.17) is 9.47 Å². The van der Waals surface area contributed by atoms with Crippen LogP contribution in [-0.2, 0) is 16.1 Å². The number of hydrogen-bond acceptors (Lipinski definition) is 5. The highest BCUT2D eigenvalue weighted by atomic mass is 16.5. The highest BCUT2D eigenvalue weighted by molar-refractivity contribution is 5.95. The van der Waals surface area contributed by atoms with E-state index in [1.807, 2.05) is 30.3 Å². The summed E-state index contributed by atoms with van der Waals surface area (Å²) in [5, 5.41) is 13.2. The molecule has 1 aliphatic carbocycles. The lowest BCUT2D eigenvalue weighted by Crippen LogP contribution is -2.53. The third-order valence-electron chi connectivity index (χ3n) is 5.11. The third-order valence-corrected chi connectivity index (χ3v) is 5.11. The van der Waals surface area contributed by atoms with Crippen molar-refractivity contribution >= 4 is 11.9 Å². The number of nitrogens with one attached hydrogen (secondary N) is 1. The van der Waals surface area contributed by atoms with Crippen LogP contribution in [0.25, 0.3) is 0 Å². The van der Waals surface area contributed by atoms with Gasteiger partial charge in [0.25, 0.3) is 5.91 Å². The summed E-state index contributed by atoms with van der Waals surface area (Å²) in [6, 6.07) is 16.0. The van der Waals surface area contributed by atoms with Gasteiger partial charge in [0.15, 0.2) is 0 Å². The Kier molecular flexibility index (Phi) is 7.25. The number of aliphatic hydroxyl groups is 1. The first kappa shape index (κ1) is 20.9. The van der Waals surface area contributed by atoms with E-state index < -0.39 is 18.1 Å². The molecule has 1 unspecified atom stereocenters. The van der Waals surface area contributed by atoms with E-state index in [-0.39, 0.29) is 18.5 Å². The molecule has 154 valence electrons. The number of carbonyl (C=O) groups excluding carboxylic acids is 2. The molecule has 2 aromatic rings. The summed E-state index contributed by atoms with van der Waals surface area (Å²) >= 11 is 0. The van der Waals surface area contributed by atoms with Crippen LogP contribution in [0, 0.1) is 5.92 Å². The van der Waals surface area contributed by atoms with Crippen molar-refractivity contribution in [2.45, 2.75) is 44.9 Å². The highest BCUT2D eigenvalue weighted by Crippen LogP contribution is 2.26. The van der Waals surface area contributed by atoms with E-state index in [0.29, 0.717) is 30.8 Å². The second kappa shape index (κ2) is 10.1. The minimum absolute atomic E-state index is 0.274. The predicted octanol–water partition coefficient (Wildman–Crippen LogP) is 3.09. The van der Waals surface area contributed by atoms with Crippen molar-refractivity contribution in [1.29, 1.82) is 0 Å². The van der Waals surface area contributed by atoms with E-state index >= 15 is 0 Å². The molecule has 0 spiro atoms. The van der Waals surface area contributed by atoms with Gasteiger partial charge >= 0.3 is 5.97 Å². The van der Waals surface area contributed by atoms with Crippen molar-refractivity contribution in [3.63, 3.8) is 0 Å². The molecule has 1 aliphatic rings. The molecule has 6 nitrogen and oxygen atoms in total. The lowest BCUT2D eigenvalue weighted by Gasteiger charge is -2.34. The topological polar surface area (TPSA) is 84.9 Å². The molecular weight excluding hydrogens is 370 g/mol. The number of carbonyl (C=O) groups is 2. The van der Waals surface area contributed by atoms with Crippen molar-refractivity contribution in [3.05, 3.63) is 65.7 Å². The highest BCUT2D eigenvalue weighted by Gasteiger charge is 2.38. The van der Waals surface area contributed by atoms with Crippen LogP contribution in [0.1, 0.15) is 42.1 Å². The summed E-state index contributed by atoms with van der Waals surface area (Å²) in [5.41, 5.74) is 1.50. The lowest BCUT2D eigenvalue weighted by molar-refractivity contribution is -0.151. The van der Waals surface area contributed by atoms with Crippen LogP contribution in [0.15, 0.2) is 54.6 Å². The number of amides is 1. The fourth-order valence-electron chi connectivity index (χ4n) is 3.56. The van der Waals surface area contributed by atoms with Gasteiger partial charge < -0.3 is 19.9 Å². The molecule has 2 N–H and O–H groups in total. The van der Waals surface area contributed by atoms with Gasteiger partial charge in [-0.25, -0.2) is 0 Å². The zero-order valence-electron chi connectivity index (χ0n) is 16.5. The van der Waals surface area contributed by atoms with E-state index in [9.17, 15) is 14.7 Å². The molecule has 29 heavy (non-hydrogen) atoms. The van der Waals surface area contributed by atoms with E-state index in [1.165, 1.54) is 0 Å². The molecule has 2 aromatic carbocycles.